The van der Waals surface area contributed by atoms with Crippen molar-refractivity contribution in [3.8, 4) is 0 Å². The van der Waals surface area contributed by atoms with Gasteiger partial charge in [0.05, 0.1) is 24.5 Å². The Hall–Kier alpha value is -0.940. The fourth-order valence-electron chi connectivity index (χ4n) is 1.18. The van der Waals surface area contributed by atoms with Gasteiger partial charge in [0.2, 0.25) is 0 Å². The van der Waals surface area contributed by atoms with E-state index in [4.69, 9.17) is 10.5 Å². The normalized spacial score (nSPS) is 13.6. The van der Waals surface area contributed by atoms with Gasteiger partial charge in [-0.25, -0.2) is 4.68 Å². The van der Waals surface area contributed by atoms with Gasteiger partial charge in [-0.05, 0) is 13.8 Å². The maximum absolute atomic E-state index is 5.86. The van der Waals surface area contributed by atoms with Crippen LogP contribution in [0.4, 0.5) is 0 Å². The fraction of sp³-hybridized carbons (Fsp3) is 0.750. The third-order valence-electron chi connectivity index (χ3n) is 1.82. The topological polar surface area (TPSA) is 66.0 Å². The average molecular weight is 184 g/mol. The second-order valence-corrected chi connectivity index (χ2v) is 3.26. The van der Waals surface area contributed by atoms with Crippen molar-refractivity contribution >= 4 is 0 Å². The highest BCUT2D eigenvalue weighted by molar-refractivity contribution is 5.02. The molecule has 1 aromatic heterocycles. The number of ether oxygens (including phenoxy) is 1. The van der Waals surface area contributed by atoms with Crippen LogP contribution in [0, 0.1) is 0 Å². The molecular weight excluding hydrogens is 168 g/mol. The standard InChI is InChI=1S/C8H16N4O/c1-6(2)12-8(4-10-11-12)7(9)5-13-3/h4,6-7H,5,9H2,1-3H3/t7-/m0/s1. The maximum Gasteiger partial charge on any atom is 0.0781 e. The number of hydrogen-bond acceptors (Lipinski definition) is 4. The summed E-state index contributed by atoms with van der Waals surface area (Å²) in [4.78, 5) is 0. The molecule has 1 atom stereocenters. The summed E-state index contributed by atoms with van der Waals surface area (Å²) in [6, 6.07) is 0.128. The SMILES string of the molecule is COC[C@H](N)c1cnnn1C(C)C. The van der Waals surface area contributed by atoms with E-state index in [2.05, 4.69) is 10.3 Å². The van der Waals surface area contributed by atoms with Gasteiger partial charge in [-0.3, -0.25) is 0 Å². The molecule has 0 aliphatic heterocycles. The van der Waals surface area contributed by atoms with Crippen LogP contribution < -0.4 is 5.73 Å². The van der Waals surface area contributed by atoms with E-state index in [1.807, 2.05) is 18.5 Å². The highest BCUT2D eigenvalue weighted by Gasteiger charge is 2.13. The molecule has 0 aliphatic carbocycles. The van der Waals surface area contributed by atoms with E-state index in [0.717, 1.165) is 5.69 Å². The number of methoxy groups -OCH3 is 1. The summed E-state index contributed by atoms with van der Waals surface area (Å²) < 4.78 is 6.78. The van der Waals surface area contributed by atoms with Crippen LogP contribution in [0.5, 0.6) is 0 Å². The van der Waals surface area contributed by atoms with Crippen LogP contribution in [-0.4, -0.2) is 28.7 Å². The number of aromatic nitrogens is 3. The number of hydrogen-bond donors (Lipinski definition) is 1. The van der Waals surface area contributed by atoms with Crippen LogP contribution in [0.2, 0.25) is 0 Å². The molecule has 0 aliphatic rings. The van der Waals surface area contributed by atoms with E-state index >= 15 is 0 Å². The first-order valence-corrected chi connectivity index (χ1v) is 4.31. The molecule has 0 amide bonds. The first-order chi connectivity index (χ1) is 6.16. The Bertz CT molecular complexity index is 258. The maximum atomic E-state index is 5.86. The minimum absolute atomic E-state index is 0.151. The number of nitrogens with zero attached hydrogens (tertiary/aromatic N) is 3. The zero-order valence-corrected chi connectivity index (χ0v) is 8.27. The molecule has 0 saturated heterocycles. The minimum Gasteiger partial charge on any atom is -0.383 e. The zero-order chi connectivity index (χ0) is 9.84. The predicted molar refractivity (Wildman–Crippen MR) is 49.2 cm³/mol. The molecule has 1 heterocycles. The summed E-state index contributed by atoms with van der Waals surface area (Å²) in [6.45, 7) is 4.56. The lowest BCUT2D eigenvalue weighted by Gasteiger charge is -2.14. The van der Waals surface area contributed by atoms with E-state index in [9.17, 15) is 0 Å². The molecule has 0 fully saturated rings. The lowest BCUT2D eigenvalue weighted by molar-refractivity contribution is 0.177. The first kappa shape index (κ1) is 10.1. The Morgan fingerprint density at radius 3 is 2.85 bits per heavy atom. The number of nitrogens with two attached hydrogens (primary N) is 1. The van der Waals surface area contributed by atoms with Crippen molar-refractivity contribution in [2.75, 3.05) is 13.7 Å². The van der Waals surface area contributed by atoms with Crippen molar-refractivity contribution in [2.24, 2.45) is 5.73 Å². The van der Waals surface area contributed by atoms with Crippen LogP contribution in [-0.2, 0) is 4.74 Å². The predicted octanol–water partition coefficient (Wildman–Crippen LogP) is 0.505. The quantitative estimate of drug-likeness (QED) is 0.740. The van der Waals surface area contributed by atoms with Gasteiger partial charge >= 0.3 is 0 Å². The highest BCUT2D eigenvalue weighted by atomic mass is 16.5. The molecular formula is C8H16N4O. The van der Waals surface area contributed by atoms with Gasteiger partial charge in [-0.2, -0.15) is 0 Å². The molecule has 0 saturated carbocycles. The van der Waals surface area contributed by atoms with Gasteiger partial charge in [0.1, 0.15) is 0 Å². The Morgan fingerprint density at radius 2 is 2.31 bits per heavy atom. The molecule has 0 aromatic carbocycles. The fourth-order valence-corrected chi connectivity index (χ4v) is 1.18. The van der Waals surface area contributed by atoms with Gasteiger partial charge in [-0.15, -0.1) is 5.10 Å². The van der Waals surface area contributed by atoms with E-state index in [1.165, 1.54) is 0 Å². The van der Waals surface area contributed by atoms with Gasteiger partial charge in [0.25, 0.3) is 0 Å². The second-order valence-electron chi connectivity index (χ2n) is 3.26. The average Bonchev–Trinajstić information content (AvgIpc) is 2.52. The zero-order valence-electron chi connectivity index (χ0n) is 8.27. The third-order valence-corrected chi connectivity index (χ3v) is 1.82. The molecule has 2 N–H and O–H groups in total. The Morgan fingerprint density at radius 1 is 1.62 bits per heavy atom. The smallest absolute Gasteiger partial charge is 0.0781 e. The van der Waals surface area contributed by atoms with Crippen LogP contribution in [0.25, 0.3) is 0 Å². The van der Waals surface area contributed by atoms with Gasteiger partial charge < -0.3 is 10.5 Å². The van der Waals surface area contributed by atoms with Crippen molar-refractivity contribution < 1.29 is 4.74 Å². The molecule has 1 rings (SSSR count). The van der Waals surface area contributed by atoms with Crippen LogP contribution >= 0.6 is 0 Å². The van der Waals surface area contributed by atoms with Crippen molar-refractivity contribution in [3.05, 3.63) is 11.9 Å². The molecule has 5 heteroatoms. The summed E-state index contributed by atoms with van der Waals surface area (Å²) in [5.74, 6) is 0. The van der Waals surface area contributed by atoms with Gasteiger partial charge in [-0.1, -0.05) is 5.21 Å². The van der Waals surface area contributed by atoms with Crippen LogP contribution in [0.15, 0.2) is 6.20 Å². The lowest BCUT2D eigenvalue weighted by atomic mass is 10.2. The summed E-state index contributed by atoms with van der Waals surface area (Å²) >= 11 is 0. The number of rotatable bonds is 4. The Labute approximate surface area is 77.9 Å². The minimum atomic E-state index is -0.151. The highest BCUT2D eigenvalue weighted by Crippen LogP contribution is 2.12. The van der Waals surface area contributed by atoms with Gasteiger partial charge in [0, 0.05) is 13.2 Å². The monoisotopic (exact) mass is 184 g/mol. The van der Waals surface area contributed by atoms with Crippen molar-refractivity contribution in [1.82, 2.24) is 15.0 Å². The van der Waals surface area contributed by atoms with Gasteiger partial charge in [0.15, 0.2) is 0 Å². The first-order valence-electron chi connectivity index (χ1n) is 4.31. The lowest BCUT2D eigenvalue weighted by Crippen LogP contribution is -2.21. The van der Waals surface area contributed by atoms with Crippen molar-refractivity contribution in [2.45, 2.75) is 25.9 Å². The van der Waals surface area contributed by atoms with E-state index in [1.54, 1.807) is 13.3 Å². The summed E-state index contributed by atoms with van der Waals surface area (Å²) in [5.41, 5.74) is 6.78. The molecule has 74 valence electrons. The van der Waals surface area contributed by atoms with Crippen LogP contribution in [0.1, 0.15) is 31.6 Å². The Balaban J connectivity index is 2.80. The van der Waals surface area contributed by atoms with E-state index in [-0.39, 0.29) is 12.1 Å². The van der Waals surface area contributed by atoms with Crippen LogP contribution in [0.3, 0.4) is 0 Å². The summed E-state index contributed by atoms with van der Waals surface area (Å²) in [7, 11) is 1.63. The third kappa shape index (κ3) is 2.26. The largest absolute Gasteiger partial charge is 0.383 e. The molecule has 0 unspecified atom stereocenters. The molecule has 5 nitrogen and oxygen atoms in total. The van der Waals surface area contributed by atoms with E-state index < -0.39 is 0 Å². The molecule has 0 spiro atoms. The second kappa shape index (κ2) is 4.34. The molecule has 0 radical (unpaired) electrons. The van der Waals surface area contributed by atoms with E-state index in [0.29, 0.717) is 6.61 Å². The molecule has 1 aromatic rings. The molecule has 0 bridgehead atoms. The van der Waals surface area contributed by atoms with Crippen molar-refractivity contribution in [1.29, 1.82) is 0 Å². The van der Waals surface area contributed by atoms with Crippen molar-refractivity contribution in [3.63, 3.8) is 0 Å². The summed E-state index contributed by atoms with van der Waals surface area (Å²) in [6.07, 6.45) is 1.68. The Kier molecular flexibility index (Phi) is 3.39. The summed E-state index contributed by atoms with van der Waals surface area (Å²) in [5, 5.41) is 7.77. The molecule has 13 heavy (non-hydrogen) atoms.